The highest BCUT2D eigenvalue weighted by molar-refractivity contribution is 5.81. The fourth-order valence-corrected chi connectivity index (χ4v) is 2.88. The van der Waals surface area contributed by atoms with Gasteiger partial charge in [-0.3, -0.25) is 4.90 Å². The molecule has 118 valence electrons. The largest absolute Gasteiger partial charge is 0.497 e. The van der Waals surface area contributed by atoms with E-state index < -0.39 is 0 Å². The van der Waals surface area contributed by atoms with E-state index in [1.165, 1.54) is 0 Å². The maximum atomic E-state index is 11.8. The van der Waals surface area contributed by atoms with Crippen molar-refractivity contribution in [3.8, 4) is 5.75 Å². The van der Waals surface area contributed by atoms with E-state index in [1.54, 1.807) is 19.2 Å². The summed E-state index contributed by atoms with van der Waals surface area (Å²) in [5.74, 6) is 0.682. The number of methoxy groups -OCH3 is 1. The maximum Gasteiger partial charge on any atom is 0.336 e. The van der Waals surface area contributed by atoms with Crippen LogP contribution in [0, 0.1) is 0 Å². The zero-order valence-electron chi connectivity index (χ0n) is 13.2. The van der Waals surface area contributed by atoms with Crippen molar-refractivity contribution in [2.75, 3.05) is 20.3 Å². The Morgan fingerprint density at radius 2 is 2.14 bits per heavy atom. The van der Waals surface area contributed by atoms with Gasteiger partial charge in [0, 0.05) is 36.7 Å². The Balaban J connectivity index is 1.97. The third kappa shape index (κ3) is 3.00. The number of nitrogens with zero attached hydrogens (tertiary/aromatic N) is 1. The molecule has 1 aliphatic heterocycles. The molecule has 5 heteroatoms. The van der Waals surface area contributed by atoms with Crippen LogP contribution in [0.3, 0.4) is 0 Å². The second-order valence-corrected chi connectivity index (χ2v) is 5.88. The first kappa shape index (κ1) is 15.1. The van der Waals surface area contributed by atoms with Crippen molar-refractivity contribution in [2.45, 2.75) is 32.5 Å². The summed E-state index contributed by atoms with van der Waals surface area (Å²) < 4.78 is 16.2. The lowest BCUT2D eigenvalue weighted by molar-refractivity contribution is -0.0525. The molecule has 0 unspecified atom stereocenters. The molecule has 2 aromatic rings. The summed E-state index contributed by atoms with van der Waals surface area (Å²) in [6, 6.07) is 7.50. The minimum atomic E-state index is -0.329. The quantitative estimate of drug-likeness (QED) is 0.815. The molecule has 1 aromatic carbocycles. The van der Waals surface area contributed by atoms with Gasteiger partial charge in [0.25, 0.3) is 0 Å². The molecular weight excluding hydrogens is 282 g/mol. The molecule has 0 saturated carbocycles. The predicted molar refractivity (Wildman–Crippen MR) is 84.3 cm³/mol. The summed E-state index contributed by atoms with van der Waals surface area (Å²) in [7, 11) is 1.60. The van der Waals surface area contributed by atoms with E-state index in [0.29, 0.717) is 30.5 Å². The number of rotatable bonds is 3. The first-order valence-electron chi connectivity index (χ1n) is 7.53. The monoisotopic (exact) mass is 303 g/mol. The number of hydrogen-bond acceptors (Lipinski definition) is 5. The van der Waals surface area contributed by atoms with Crippen molar-refractivity contribution >= 4 is 11.0 Å². The smallest absolute Gasteiger partial charge is 0.336 e. The lowest BCUT2D eigenvalue weighted by atomic mass is 10.1. The zero-order chi connectivity index (χ0) is 15.7. The van der Waals surface area contributed by atoms with Crippen LogP contribution in [-0.4, -0.2) is 37.3 Å². The van der Waals surface area contributed by atoms with Crippen molar-refractivity contribution in [3.63, 3.8) is 0 Å². The molecule has 1 aromatic heterocycles. The average molecular weight is 303 g/mol. The Morgan fingerprint density at radius 3 is 2.91 bits per heavy atom. The highest BCUT2D eigenvalue weighted by Crippen LogP contribution is 2.24. The van der Waals surface area contributed by atoms with Gasteiger partial charge in [0.2, 0.25) is 0 Å². The van der Waals surface area contributed by atoms with Crippen LogP contribution in [0.15, 0.2) is 33.5 Å². The summed E-state index contributed by atoms with van der Waals surface area (Å²) in [6.45, 7) is 6.50. The van der Waals surface area contributed by atoms with Crippen molar-refractivity contribution in [1.29, 1.82) is 0 Å². The van der Waals surface area contributed by atoms with E-state index in [9.17, 15) is 4.79 Å². The van der Waals surface area contributed by atoms with E-state index in [2.05, 4.69) is 18.7 Å². The summed E-state index contributed by atoms with van der Waals surface area (Å²) in [5.41, 5.74) is 1.22. The molecule has 0 aliphatic carbocycles. The summed E-state index contributed by atoms with van der Waals surface area (Å²) in [6.07, 6.45) is 0.211. The van der Waals surface area contributed by atoms with Gasteiger partial charge in [-0.25, -0.2) is 4.79 Å². The lowest BCUT2D eigenvalue weighted by Gasteiger charge is -2.36. The minimum Gasteiger partial charge on any atom is -0.497 e. The molecule has 0 bridgehead atoms. The van der Waals surface area contributed by atoms with Crippen molar-refractivity contribution in [1.82, 2.24) is 4.90 Å². The lowest BCUT2D eigenvalue weighted by Crippen LogP contribution is -2.46. The van der Waals surface area contributed by atoms with Gasteiger partial charge in [0.15, 0.2) is 0 Å². The van der Waals surface area contributed by atoms with Crippen molar-refractivity contribution < 1.29 is 13.9 Å². The normalized spacial score (nSPS) is 22.9. The standard InChI is InChI=1S/C17H21NO4/c1-11-10-21-12(2)8-18(11)9-13-6-17(19)22-16-7-14(20-3)4-5-15(13)16/h4-7,11-12H,8-10H2,1-3H3/t11-,12-/m0/s1. The Bertz CT molecular complexity index is 724. The van der Waals surface area contributed by atoms with E-state index in [4.69, 9.17) is 13.9 Å². The first-order chi connectivity index (χ1) is 10.6. The second-order valence-electron chi connectivity index (χ2n) is 5.88. The van der Waals surface area contributed by atoms with Gasteiger partial charge in [-0.15, -0.1) is 0 Å². The maximum absolute atomic E-state index is 11.8. The van der Waals surface area contributed by atoms with Crippen LogP contribution >= 0.6 is 0 Å². The Morgan fingerprint density at radius 1 is 1.32 bits per heavy atom. The van der Waals surface area contributed by atoms with E-state index in [0.717, 1.165) is 17.5 Å². The molecule has 1 aliphatic rings. The highest BCUT2D eigenvalue weighted by Gasteiger charge is 2.24. The van der Waals surface area contributed by atoms with Crippen molar-refractivity contribution in [3.05, 3.63) is 40.2 Å². The highest BCUT2D eigenvalue weighted by atomic mass is 16.5. The van der Waals surface area contributed by atoms with Crippen molar-refractivity contribution in [2.24, 2.45) is 0 Å². The fourth-order valence-electron chi connectivity index (χ4n) is 2.88. The van der Waals surface area contributed by atoms with Gasteiger partial charge >= 0.3 is 5.63 Å². The van der Waals surface area contributed by atoms with Crippen LogP contribution in [0.1, 0.15) is 19.4 Å². The van der Waals surface area contributed by atoms with Gasteiger partial charge < -0.3 is 13.9 Å². The van der Waals surface area contributed by atoms with Gasteiger partial charge in [0.05, 0.1) is 19.8 Å². The molecule has 3 rings (SSSR count). The summed E-state index contributed by atoms with van der Waals surface area (Å²) >= 11 is 0. The van der Waals surface area contributed by atoms with Gasteiger partial charge in [0.1, 0.15) is 11.3 Å². The second kappa shape index (κ2) is 6.10. The number of hydrogen-bond donors (Lipinski definition) is 0. The Hall–Kier alpha value is -1.85. The predicted octanol–water partition coefficient (Wildman–Crippen LogP) is 2.41. The zero-order valence-corrected chi connectivity index (χ0v) is 13.2. The minimum absolute atomic E-state index is 0.211. The molecular formula is C17H21NO4. The van der Waals surface area contributed by atoms with Gasteiger partial charge in [-0.2, -0.15) is 0 Å². The molecule has 0 radical (unpaired) electrons. The third-order valence-corrected chi connectivity index (χ3v) is 4.15. The molecule has 0 N–H and O–H groups in total. The SMILES string of the molecule is COc1ccc2c(CN3C[C@H](C)OC[C@@H]3C)cc(=O)oc2c1. The molecule has 1 fully saturated rings. The van der Waals surface area contributed by atoms with Crippen LogP contribution in [0.2, 0.25) is 0 Å². The fraction of sp³-hybridized carbons (Fsp3) is 0.471. The van der Waals surface area contributed by atoms with E-state index in [-0.39, 0.29) is 11.7 Å². The molecule has 1 saturated heterocycles. The van der Waals surface area contributed by atoms with Crippen LogP contribution < -0.4 is 10.4 Å². The van der Waals surface area contributed by atoms with Crippen LogP contribution in [0.4, 0.5) is 0 Å². The van der Waals surface area contributed by atoms with E-state index >= 15 is 0 Å². The molecule has 0 spiro atoms. The Labute approximate surface area is 129 Å². The molecule has 2 atom stereocenters. The third-order valence-electron chi connectivity index (χ3n) is 4.15. The van der Waals surface area contributed by atoms with Crippen LogP contribution in [0.25, 0.3) is 11.0 Å². The summed E-state index contributed by atoms with van der Waals surface area (Å²) in [4.78, 5) is 14.2. The molecule has 5 nitrogen and oxygen atoms in total. The van der Waals surface area contributed by atoms with Crippen LogP contribution in [0.5, 0.6) is 5.75 Å². The number of fused-ring (bicyclic) bond motifs is 1. The van der Waals surface area contributed by atoms with Gasteiger partial charge in [-0.1, -0.05) is 0 Å². The molecule has 22 heavy (non-hydrogen) atoms. The number of morpholine rings is 1. The van der Waals surface area contributed by atoms with Gasteiger partial charge in [-0.05, 0) is 31.5 Å². The van der Waals surface area contributed by atoms with E-state index in [1.807, 2.05) is 12.1 Å². The Kier molecular flexibility index (Phi) is 4.18. The molecule has 0 amide bonds. The number of benzene rings is 1. The van der Waals surface area contributed by atoms with Crippen LogP contribution in [-0.2, 0) is 11.3 Å². The average Bonchev–Trinajstić information content (AvgIpc) is 2.50. The first-order valence-corrected chi connectivity index (χ1v) is 7.53. The topological polar surface area (TPSA) is 51.9 Å². The number of ether oxygens (including phenoxy) is 2. The molecule has 2 heterocycles. The summed E-state index contributed by atoms with van der Waals surface area (Å²) in [5, 5.41) is 0.951.